The van der Waals surface area contributed by atoms with Gasteiger partial charge in [-0.2, -0.15) is 5.10 Å². The van der Waals surface area contributed by atoms with E-state index in [1.807, 2.05) is 0 Å². The Hall–Kier alpha value is -3.17. The van der Waals surface area contributed by atoms with E-state index in [9.17, 15) is 9.59 Å². The molecule has 9 nitrogen and oxygen atoms in total. The first-order chi connectivity index (χ1) is 15.9. The normalized spacial score (nSPS) is 14.2. The SMILES string of the molecule is COc1cc(-c2cc(C(=O)N3CCC(C(=O)NCc4cc(Cl)ccn4)CC3)n[nH]2)c(Cl)cn1. The first kappa shape index (κ1) is 23.0. The number of aromatic amines is 1. The van der Waals surface area contributed by atoms with Crippen LogP contribution >= 0.6 is 23.2 Å². The summed E-state index contributed by atoms with van der Waals surface area (Å²) in [5.74, 6) is -0.00160. The summed E-state index contributed by atoms with van der Waals surface area (Å²) in [6.07, 6.45) is 4.24. The van der Waals surface area contributed by atoms with Gasteiger partial charge in [-0.1, -0.05) is 23.2 Å². The number of hydrogen-bond donors (Lipinski definition) is 2. The zero-order valence-electron chi connectivity index (χ0n) is 17.8. The first-order valence-electron chi connectivity index (χ1n) is 10.4. The van der Waals surface area contributed by atoms with E-state index in [-0.39, 0.29) is 23.4 Å². The van der Waals surface area contributed by atoms with Crippen molar-refractivity contribution in [3.05, 3.63) is 58.1 Å². The van der Waals surface area contributed by atoms with Gasteiger partial charge < -0.3 is 15.0 Å². The van der Waals surface area contributed by atoms with Crippen LogP contribution in [0.5, 0.6) is 5.88 Å². The van der Waals surface area contributed by atoms with Crippen molar-refractivity contribution in [2.75, 3.05) is 20.2 Å². The summed E-state index contributed by atoms with van der Waals surface area (Å²) in [7, 11) is 1.51. The van der Waals surface area contributed by atoms with E-state index in [1.54, 1.807) is 35.4 Å². The molecule has 0 saturated carbocycles. The van der Waals surface area contributed by atoms with Gasteiger partial charge in [-0.05, 0) is 31.0 Å². The quantitative estimate of drug-likeness (QED) is 0.549. The molecule has 0 aromatic carbocycles. The maximum absolute atomic E-state index is 12.9. The molecule has 0 unspecified atom stereocenters. The third kappa shape index (κ3) is 5.43. The third-order valence-electron chi connectivity index (χ3n) is 5.50. The van der Waals surface area contributed by atoms with Gasteiger partial charge in [0.1, 0.15) is 0 Å². The molecule has 1 saturated heterocycles. The second-order valence-electron chi connectivity index (χ2n) is 7.62. The van der Waals surface area contributed by atoms with Crippen molar-refractivity contribution < 1.29 is 14.3 Å². The molecule has 172 valence electrons. The third-order valence-corrected chi connectivity index (χ3v) is 6.04. The van der Waals surface area contributed by atoms with Crippen LogP contribution < -0.4 is 10.1 Å². The molecule has 1 aliphatic rings. The van der Waals surface area contributed by atoms with Gasteiger partial charge >= 0.3 is 0 Å². The van der Waals surface area contributed by atoms with Gasteiger partial charge in [0.25, 0.3) is 5.91 Å². The highest BCUT2D eigenvalue weighted by Gasteiger charge is 2.29. The summed E-state index contributed by atoms with van der Waals surface area (Å²) < 4.78 is 5.14. The van der Waals surface area contributed by atoms with Gasteiger partial charge in [0.2, 0.25) is 11.8 Å². The molecule has 3 aromatic rings. The van der Waals surface area contributed by atoms with Crippen LogP contribution in [0, 0.1) is 5.92 Å². The summed E-state index contributed by atoms with van der Waals surface area (Å²) in [6.45, 7) is 1.26. The van der Waals surface area contributed by atoms with Crippen molar-refractivity contribution in [3.63, 3.8) is 0 Å². The number of likely N-dealkylation sites (tertiary alicyclic amines) is 1. The van der Waals surface area contributed by atoms with Gasteiger partial charge in [0, 0.05) is 41.9 Å². The maximum atomic E-state index is 12.9. The number of amides is 2. The van der Waals surface area contributed by atoms with Gasteiger partial charge in [-0.25, -0.2) is 4.98 Å². The Balaban J connectivity index is 1.33. The Bertz CT molecular complexity index is 1160. The van der Waals surface area contributed by atoms with Crippen molar-refractivity contribution >= 4 is 35.0 Å². The predicted molar refractivity (Wildman–Crippen MR) is 123 cm³/mol. The molecule has 0 atom stereocenters. The van der Waals surface area contributed by atoms with Gasteiger partial charge in [-0.15, -0.1) is 0 Å². The Morgan fingerprint density at radius 2 is 2.00 bits per heavy atom. The number of halogens is 2. The number of nitrogens with zero attached hydrogens (tertiary/aromatic N) is 4. The average Bonchev–Trinajstić information content (AvgIpc) is 3.32. The highest BCUT2D eigenvalue weighted by atomic mass is 35.5. The second kappa shape index (κ2) is 10.2. The minimum absolute atomic E-state index is 0.0489. The van der Waals surface area contributed by atoms with Crippen LogP contribution in [-0.2, 0) is 11.3 Å². The van der Waals surface area contributed by atoms with Crippen molar-refractivity contribution in [1.29, 1.82) is 0 Å². The molecular formula is C22H22Cl2N6O3. The molecule has 0 bridgehead atoms. The number of pyridine rings is 2. The number of ether oxygens (including phenoxy) is 1. The fourth-order valence-corrected chi connectivity index (χ4v) is 4.07. The van der Waals surface area contributed by atoms with Gasteiger partial charge in [-0.3, -0.25) is 19.7 Å². The van der Waals surface area contributed by atoms with Crippen molar-refractivity contribution in [2.45, 2.75) is 19.4 Å². The molecule has 3 aromatic heterocycles. The number of H-pyrrole nitrogens is 1. The summed E-state index contributed by atoms with van der Waals surface area (Å²) in [6, 6.07) is 6.73. The zero-order valence-corrected chi connectivity index (χ0v) is 19.4. The fourth-order valence-electron chi connectivity index (χ4n) is 3.68. The van der Waals surface area contributed by atoms with Crippen LogP contribution in [0.4, 0.5) is 0 Å². The number of aromatic nitrogens is 4. The molecule has 4 rings (SSSR count). The molecule has 2 amide bonds. The van der Waals surface area contributed by atoms with E-state index in [0.717, 1.165) is 0 Å². The van der Waals surface area contributed by atoms with Crippen LogP contribution in [0.15, 0.2) is 36.7 Å². The number of rotatable bonds is 6. The fraction of sp³-hybridized carbons (Fsp3) is 0.318. The molecule has 4 heterocycles. The van der Waals surface area contributed by atoms with Crippen molar-refractivity contribution in [1.82, 2.24) is 30.4 Å². The van der Waals surface area contributed by atoms with Crippen molar-refractivity contribution in [2.24, 2.45) is 5.92 Å². The van der Waals surface area contributed by atoms with Crippen LogP contribution in [0.1, 0.15) is 29.0 Å². The highest BCUT2D eigenvalue weighted by molar-refractivity contribution is 6.33. The van der Waals surface area contributed by atoms with Crippen LogP contribution in [0.25, 0.3) is 11.3 Å². The predicted octanol–water partition coefficient (Wildman–Crippen LogP) is 3.35. The molecular weight excluding hydrogens is 467 g/mol. The molecule has 0 aliphatic carbocycles. The standard InChI is InChI=1S/C22H22Cl2N6O3/c1-33-20-9-16(17(24)12-26-20)18-10-19(29-28-18)22(32)30-6-3-13(4-7-30)21(31)27-11-15-8-14(23)2-5-25-15/h2,5,8-10,12-13H,3-4,6-7,11H2,1H3,(H,27,31)(H,28,29). The first-order valence-corrected chi connectivity index (χ1v) is 11.1. The maximum Gasteiger partial charge on any atom is 0.274 e. The van der Waals surface area contributed by atoms with E-state index in [1.165, 1.54) is 13.3 Å². The summed E-state index contributed by atoms with van der Waals surface area (Å²) >= 11 is 12.2. The number of hydrogen-bond acceptors (Lipinski definition) is 6. The summed E-state index contributed by atoms with van der Waals surface area (Å²) in [5.41, 5.74) is 2.21. The Labute approximate surface area is 200 Å². The van der Waals surface area contributed by atoms with E-state index in [2.05, 4.69) is 25.5 Å². The van der Waals surface area contributed by atoms with E-state index < -0.39 is 0 Å². The van der Waals surface area contributed by atoms with E-state index in [0.29, 0.717) is 65.4 Å². The topological polar surface area (TPSA) is 113 Å². The van der Waals surface area contributed by atoms with Crippen molar-refractivity contribution in [3.8, 4) is 17.1 Å². The highest BCUT2D eigenvalue weighted by Crippen LogP contribution is 2.29. The molecule has 33 heavy (non-hydrogen) atoms. The monoisotopic (exact) mass is 488 g/mol. The average molecular weight is 489 g/mol. The summed E-state index contributed by atoms with van der Waals surface area (Å²) in [4.78, 5) is 35.4. The second-order valence-corrected chi connectivity index (χ2v) is 8.47. The lowest BCUT2D eigenvalue weighted by Gasteiger charge is -2.30. The van der Waals surface area contributed by atoms with Gasteiger partial charge in [0.05, 0.1) is 36.3 Å². The number of methoxy groups -OCH3 is 1. The molecule has 0 radical (unpaired) electrons. The molecule has 1 fully saturated rings. The smallest absolute Gasteiger partial charge is 0.274 e. The van der Waals surface area contributed by atoms with E-state index >= 15 is 0 Å². The lowest BCUT2D eigenvalue weighted by molar-refractivity contribution is -0.126. The number of nitrogens with one attached hydrogen (secondary N) is 2. The number of carbonyl (C=O) groups is 2. The number of piperidine rings is 1. The minimum Gasteiger partial charge on any atom is -0.481 e. The zero-order chi connectivity index (χ0) is 23.4. The Kier molecular flexibility index (Phi) is 7.10. The van der Waals surface area contributed by atoms with Gasteiger partial charge in [0.15, 0.2) is 5.69 Å². The lowest BCUT2D eigenvalue weighted by atomic mass is 9.95. The Morgan fingerprint density at radius 3 is 2.73 bits per heavy atom. The molecule has 2 N–H and O–H groups in total. The number of carbonyl (C=O) groups excluding carboxylic acids is 2. The van der Waals surface area contributed by atoms with Crippen LogP contribution in [0.3, 0.4) is 0 Å². The molecule has 0 spiro atoms. The van der Waals surface area contributed by atoms with E-state index in [4.69, 9.17) is 27.9 Å². The lowest BCUT2D eigenvalue weighted by Crippen LogP contribution is -2.43. The molecule has 11 heteroatoms. The van der Waals surface area contributed by atoms with Crippen LogP contribution in [0.2, 0.25) is 10.0 Å². The Morgan fingerprint density at radius 1 is 1.21 bits per heavy atom. The largest absolute Gasteiger partial charge is 0.481 e. The van der Waals surface area contributed by atoms with Crippen LogP contribution in [-0.4, -0.2) is 57.1 Å². The minimum atomic E-state index is -0.198. The summed E-state index contributed by atoms with van der Waals surface area (Å²) in [5, 5.41) is 10.9. The molecule has 1 aliphatic heterocycles.